The van der Waals surface area contributed by atoms with Gasteiger partial charge in [-0.05, 0) is 44.2 Å². The molecule has 3 unspecified atom stereocenters. The number of nitrogens with one attached hydrogen (secondary N) is 1. The average molecular weight is 329 g/mol. The van der Waals surface area contributed by atoms with E-state index in [1.54, 1.807) is 0 Å². The lowest BCUT2D eigenvalue weighted by atomic mass is 9.46. The van der Waals surface area contributed by atoms with Crippen molar-refractivity contribution in [3.05, 3.63) is 29.3 Å². The van der Waals surface area contributed by atoms with Crippen molar-refractivity contribution in [2.45, 2.75) is 58.1 Å². The second kappa shape index (κ2) is 6.07. The van der Waals surface area contributed by atoms with Gasteiger partial charge in [-0.25, -0.2) is 0 Å². The number of aryl methyl sites for hydroxylation is 2. The van der Waals surface area contributed by atoms with E-state index in [4.69, 9.17) is 9.47 Å². The molecule has 3 atom stereocenters. The maximum absolute atomic E-state index is 12.4. The second-order valence-corrected chi connectivity index (χ2v) is 7.70. The van der Waals surface area contributed by atoms with E-state index in [1.165, 1.54) is 19.3 Å². The number of fused-ring (bicyclic) bond motifs is 2. The van der Waals surface area contributed by atoms with Gasteiger partial charge in [0.15, 0.2) is 0 Å². The lowest BCUT2D eigenvalue weighted by Crippen LogP contribution is -2.71. The summed E-state index contributed by atoms with van der Waals surface area (Å²) < 4.78 is 11.8. The summed E-state index contributed by atoms with van der Waals surface area (Å²) in [7, 11) is 0. The summed E-state index contributed by atoms with van der Waals surface area (Å²) in [6.07, 6.45) is 5.60. The summed E-state index contributed by atoms with van der Waals surface area (Å²) >= 11 is 0. The van der Waals surface area contributed by atoms with Crippen molar-refractivity contribution in [3.63, 3.8) is 0 Å². The molecule has 0 aromatic heterocycles. The van der Waals surface area contributed by atoms with Gasteiger partial charge in [-0.2, -0.15) is 0 Å². The van der Waals surface area contributed by atoms with Gasteiger partial charge in [-0.1, -0.05) is 24.6 Å². The van der Waals surface area contributed by atoms with Gasteiger partial charge in [0.2, 0.25) is 5.91 Å². The third kappa shape index (κ3) is 2.43. The maximum atomic E-state index is 12.4. The zero-order chi connectivity index (χ0) is 16.7. The smallest absolute Gasteiger partial charge is 0.223 e. The Kier molecular flexibility index (Phi) is 4.03. The Labute approximate surface area is 143 Å². The molecule has 1 aliphatic heterocycles. The third-order valence-electron chi connectivity index (χ3n) is 6.34. The quantitative estimate of drug-likeness (QED) is 0.903. The average Bonchev–Trinajstić information content (AvgIpc) is 2.91. The fourth-order valence-corrected chi connectivity index (χ4v) is 4.97. The van der Waals surface area contributed by atoms with Gasteiger partial charge in [0.1, 0.15) is 5.75 Å². The van der Waals surface area contributed by atoms with Crippen LogP contribution in [-0.4, -0.2) is 31.3 Å². The fraction of sp³-hybridized carbons (Fsp3) is 0.650. The van der Waals surface area contributed by atoms with Crippen LogP contribution in [0.4, 0.5) is 0 Å². The molecular weight excluding hydrogens is 302 g/mol. The van der Waals surface area contributed by atoms with Crippen LogP contribution in [0.5, 0.6) is 5.75 Å². The summed E-state index contributed by atoms with van der Waals surface area (Å²) in [6.45, 7) is 5.37. The number of amides is 1. The SMILES string of the molecule is Cc1cccc(C)c1OCCC(=O)NC1C2CCOC2C12CCC2. The van der Waals surface area contributed by atoms with Gasteiger partial charge in [0.25, 0.3) is 0 Å². The predicted molar refractivity (Wildman–Crippen MR) is 92.1 cm³/mol. The number of hydrogen-bond donors (Lipinski definition) is 1. The second-order valence-electron chi connectivity index (χ2n) is 7.70. The lowest BCUT2D eigenvalue weighted by Gasteiger charge is -2.63. The first kappa shape index (κ1) is 15.9. The van der Waals surface area contributed by atoms with Crippen molar-refractivity contribution >= 4 is 5.91 Å². The number of ether oxygens (including phenoxy) is 2. The van der Waals surface area contributed by atoms with Gasteiger partial charge < -0.3 is 14.8 Å². The van der Waals surface area contributed by atoms with Crippen molar-refractivity contribution in [1.82, 2.24) is 5.32 Å². The van der Waals surface area contributed by atoms with Gasteiger partial charge in [0, 0.05) is 24.0 Å². The Hall–Kier alpha value is -1.55. The number of benzene rings is 1. The maximum Gasteiger partial charge on any atom is 0.223 e. The molecule has 2 saturated carbocycles. The molecule has 0 bridgehead atoms. The Morgan fingerprint density at radius 1 is 1.33 bits per heavy atom. The normalized spacial score (nSPS) is 29.5. The molecule has 3 fully saturated rings. The number of carbonyl (C=O) groups excluding carboxylic acids is 1. The Bertz CT molecular complexity index is 618. The molecule has 4 rings (SSSR count). The largest absolute Gasteiger partial charge is 0.493 e. The molecule has 2 aliphatic carbocycles. The number of rotatable bonds is 5. The zero-order valence-electron chi connectivity index (χ0n) is 14.6. The van der Waals surface area contributed by atoms with Crippen molar-refractivity contribution in [2.24, 2.45) is 11.3 Å². The van der Waals surface area contributed by atoms with Crippen LogP contribution in [0, 0.1) is 25.2 Å². The van der Waals surface area contributed by atoms with Crippen LogP contribution in [0.15, 0.2) is 18.2 Å². The van der Waals surface area contributed by atoms with Gasteiger partial charge in [0.05, 0.1) is 19.1 Å². The van der Waals surface area contributed by atoms with Crippen LogP contribution in [0.3, 0.4) is 0 Å². The van der Waals surface area contributed by atoms with Gasteiger partial charge >= 0.3 is 0 Å². The zero-order valence-corrected chi connectivity index (χ0v) is 14.6. The van der Waals surface area contributed by atoms with Crippen LogP contribution in [-0.2, 0) is 9.53 Å². The topological polar surface area (TPSA) is 47.6 Å². The highest BCUT2D eigenvalue weighted by molar-refractivity contribution is 5.76. The third-order valence-corrected chi connectivity index (χ3v) is 6.34. The molecule has 1 aromatic carbocycles. The Morgan fingerprint density at radius 2 is 2.08 bits per heavy atom. The summed E-state index contributed by atoms with van der Waals surface area (Å²) in [5.41, 5.74) is 2.49. The standard InChI is InChI=1S/C20H27NO3/c1-13-5-3-6-14(2)17(13)23-12-8-16(22)21-18-15-7-11-24-19(15)20(18)9-4-10-20/h3,5-6,15,18-19H,4,7-12H2,1-2H3,(H,21,22). The molecule has 3 aliphatic rings. The molecule has 1 amide bonds. The molecule has 0 radical (unpaired) electrons. The first-order valence-corrected chi connectivity index (χ1v) is 9.22. The van der Waals surface area contributed by atoms with Gasteiger partial charge in [-0.3, -0.25) is 4.79 Å². The minimum Gasteiger partial charge on any atom is -0.493 e. The molecule has 130 valence electrons. The van der Waals surface area contributed by atoms with Crippen LogP contribution in [0.25, 0.3) is 0 Å². The molecule has 1 spiro atoms. The summed E-state index contributed by atoms with van der Waals surface area (Å²) in [5, 5.41) is 3.30. The Morgan fingerprint density at radius 3 is 2.75 bits per heavy atom. The molecule has 1 N–H and O–H groups in total. The van der Waals surface area contributed by atoms with Crippen LogP contribution >= 0.6 is 0 Å². The van der Waals surface area contributed by atoms with E-state index in [0.29, 0.717) is 31.1 Å². The molecule has 24 heavy (non-hydrogen) atoms. The Balaban J connectivity index is 1.30. The molecule has 1 heterocycles. The van der Waals surface area contributed by atoms with Crippen LogP contribution in [0.2, 0.25) is 0 Å². The highest BCUT2D eigenvalue weighted by Gasteiger charge is 2.66. The van der Waals surface area contributed by atoms with Crippen molar-refractivity contribution in [2.75, 3.05) is 13.2 Å². The molecule has 4 heteroatoms. The van der Waals surface area contributed by atoms with E-state index in [1.807, 2.05) is 32.0 Å². The molecule has 1 saturated heterocycles. The van der Waals surface area contributed by atoms with Crippen molar-refractivity contribution in [1.29, 1.82) is 0 Å². The molecular formula is C20H27NO3. The van der Waals surface area contributed by atoms with E-state index in [0.717, 1.165) is 29.9 Å². The number of hydrogen-bond acceptors (Lipinski definition) is 3. The first-order valence-electron chi connectivity index (χ1n) is 9.22. The van der Waals surface area contributed by atoms with E-state index in [2.05, 4.69) is 5.32 Å². The van der Waals surface area contributed by atoms with Crippen LogP contribution in [0.1, 0.15) is 43.2 Å². The molecule has 4 nitrogen and oxygen atoms in total. The van der Waals surface area contributed by atoms with E-state index < -0.39 is 0 Å². The highest BCUT2D eigenvalue weighted by atomic mass is 16.5. The summed E-state index contributed by atoms with van der Waals surface area (Å²) in [6, 6.07) is 6.43. The van der Waals surface area contributed by atoms with E-state index >= 15 is 0 Å². The molecule has 1 aromatic rings. The predicted octanol–water partition coefficient (Wildman–Crippen LogP) is 3.15. The van der Waals surface area contributed by atoms with Crippen molar-refractivity contribution in [3.8, 4) is 5.75 Å². The van der Waals surface area contributed by atoms with Crippen molar-refractivity contribution < 1.29 is 14.3 Å². The minimum atomic E-state index is 0.114. The van der Waals surface area contributed by atoms with Crippen LogP contribution < -0.4 is 10.1 Å². The monoisotopic (exact) mass is 329 g/mol. The highest BCUT2D eigenvalue weighted by Crippen LogP contribution is 2.62. The lowest BCUT2D eigenvalue weighted by molar-refractivity contribution is -0.179. The summed E-state index contributed by atoms with van der Waals surface area (Å²) in [5.74, 6) is 1.56. The number of para-hydroxylation sites is 1. The number of carbonyl (C=O) groups is 1. The van der Waals surface area contributed by atoms with Gasteiger partial charge in [-0.15, -0.1) is 0 Å². The van der Waals surface area contributed by atoms with E-state index in [-0.39, 0.29) is 11.3 Å². The minimum absolute atomic E-state index is 0.114. The fourth-order valence-electron chi connectivity index (χ4n) is 4.97. The van der Waals surface area contributed by atoms with E-state index in [9.17, 15) is 4.79 Å². The summed E-state index contributed by atoms with van der Waals surface area (Å²) in [4.78, 5) is 12.4. The first-order chi connectivity index (χ1) is 11.6.